The van der Waals surface area contributed by atoms with E-state index in [2.05, 4.69) is 38.2 Å². The Bertz CT molecular complexity index is 849. The second-order valence-electron chi connectivity index (χ2n) is 7.03. The van der Waals surface area contributed by atoms with Crippen LogP contribution in [-0.2, 0) is 9.63 Å². The van der Waals surface area contributed by atoms with Gasteiger partial charge in [-0.1, -0.05) is 63.2 Å². The predicted molar refractivity (Wildman–Crippen MR) is 110 cm³/mol. The maximum Gasteiger partial charge on any atom is 0.270 e. The standard InChI is InChI=1S/C21H25N3O4/c1-14(2)18-9-6-10-19(15(3)4)21(18)23-20(25)13-28-22-12-16-7-5-8-17(11-16)24(26)27/h5-12,14-15H,13H2,1-4H3,(H,23,25)/b22-12-. The second kappa shape index (κ2) is 9.64. The Kier molecular flexibility index (Phi) is 7.26. The van der Waals surface area contributed by atoms with Crippen LogP contribution in [0.3, 0.4) is 0 Å². The summed E-state index contributed by atoms with van der Waals surface area (Å²) >= 11 is 0. The van der Waals surface area contributed by atoms with Crippen LogP contribution in [0, 0.1) is 10.1 Å². The summed E-state index contributed by atoms with van der Waals surface area (Å²) in [6.07, 6.45) is 1.34. The molecule has 0 radical (unpaired) electrons. The summed E-state index contributed by atoms with van der Waals surface area (Å²) < 4.78 is 0. The van der Waals surface area contributed by atoms with Crippen LogP contribution in [0.15, 0.2) is 47.6 Å². The lowest BCUT2D eigenvalue weighted by Gasteiger charge is -2.19. The molecule has 7 heteroatoms. The summed E-state index contributed by atoms with van der Waals surface area (Å²) in [5.41, 5.74) is 3.44. The molecular weight excluding hydrogens is 358 g/mol. The molecule has 2 aromatic carbocycles. The van der Waals surface area contributed by atoms with Crippen molar-refractivity contribution in [2.75, 3.05) is 11.9 Å². The van der Waals surface area contributed by atoms with Crippen LogP contribution in [0.4, 0.5) is 11.4 Å². The lowest BCUT2D eigenvalue weighted by atomic mass is 9.92. The van der Waals surface area contributed by atoms with Gasteiger partial charge >= 0.3 is 0 Å². The fourth-order valence-corrected chi connectivity index (χ4v) is 2.78. The van der Waals surface area contributed by atoms with E-state index in [9.17, 15) is 14.9 Å². The minimum Gasteiger partial charge on any atom is -0.386 e. The van der Waals surface area contributed by atoms with Crippen LogP contribution < -0.4 is 5.32 Å². The number of amides is 1. The number of carbonyl (C=O) groups excluding carboxylic acids is 1. The summed E-state index contributed by atoms with van der Waals surface area (Å²) in [5.74, 6) is 0.217. The van der Waals surface area contributed by atoms with Crippen LogP contribution in [0.5, 0.6) is 0 Å². The number of carbonyl (C=O) groups is 1. The fourth-order valence-electron chi connectivity index (χ4n) is 2.78. The monoisotopic (exact) mass is 383 g/mol. The van der Waals surface area contributed by atoms with Gasteiger partial charge in [0.1, 0.15) is 0 Å². The van der Waals surface area contributed by atoms with Crippen molar-refractivity contribution in [1.82, 2.24) is 0 Å². The molecule has 2 aromatic rings. The fraction of sp³-hybridized carbons (Fsp3) is 0.333. The molecule has 0 aromatic heterocycles. The highest BCUT2D eigenvalue weighted by molar-refractivity contribution is 5.93. The van der Waals surface area contributed by atoms with Gasteiger partial charge in [0, 0.05) is 23.4 Å². The van der Waals surface area contributed by atoms with Gasteiger partial charge in [0.25, 0.3) is 11.6 Å². The first-order chi connectivity index (χ1) is 13.3. The van der Waals surface area contributed by atoms with Crippen molar-refractivity contribution < 1.29 is 14.6 Å². The molecule has 0 atom stereocenters. The zero-order valence-electron chi connectivity index (χ0n) is 16.5. The van der Waals surface area contributed by atoms with Crippen LogP contribution in [0.25, 0.3) is 0 Å². The Balaban J connectivity index is 2.02. The van der Waals surface area contributed by atoms with Crippen LogP contribution >= 0.6 is 0 Å². The molecule has 0 unspecified atom stereocenters. The molecule has 0 fully saturated rings. The molecule has 148 valence electrons. The van der Waals surface area contributed by atoms with E-state index in [1.807, 2.05) is 18.2 Å². The minimum atomic E-state index is -0.482. The topological polar surface area (TPSA) is 93.8 Å². The second-order valence-corrected chi connectivity index (χ2v) is 7.03. The number of hydrogen-bond donors (Lipinski definition) is 1. The number of nitro benzene ring substituents is 1. The molecule has 0 aliphatic carbocycles. The Morgan fingerprint density at radius 1 is 1.14 bits per heavy atom. The van der Waals surface area contributed by atoms with E-state index in [4.69, 9.17) is 4.84 Å². The van der Waals surface area contributed by atoms with E-state index in [0.717, 1.165) is 16.8 Å². The summed E-state index contributed by atoms with van der Waals surface area (Å²) in [7, 11) is 0. The molecule has 7 nitrogen and oxygen atoms in total. The zero-order valence-corrected chi connectivity index (χ0v) is 16.5. The van der Waals surface area contributed by atoms with Gasteiger partial charge in [-0.2, -0.15) is 0 Å². The molecule has 0 spiro atoms. The van der Waals surface area contributed by atoms with Gasteiger partial charge < -0.3 is 10.2 Å². The Labute approximate surface area is 164 Å². The highest BCUT2D eigenvalue weighted by atomic mass is 16.6. The summed E-state index contributed by atoms with van der Waals surface area (Å²) in [4.78, 5) is 27.7. The maximum atomic E-state index is 12.3. The van der Waals surface area contributed by atoms with E-state index >= 15 is 0 Å². The van der Waals surface area contributed by atoms with Gasteiger partial charge in [0.05, 0.1) is 11.1 Å². The number of oxime groups is 1. The molecule has 0 saturated heterocycles. The Morgan fingerprint density at radius 3 is 2.32 bits per heavy atom. The quantitative estimate of drug-likeness (QED) is 0.401. The Hall–Kier alpha value is -3.22. The van der Waals surface area contributed by atoms with Crippen molar-refractivity contribution in [1.29, 1.82) is 0 Å². The molecule has 2 rings (SSSR count). The average molecular weight is 383 g/mol. The van der Waals surface area contributed by atoms with Gasteiger partial charge in [0.15, 0.2) is 6.61 Å². The molecule has 1 N–H and O–H groups in total. The van der Waals surface area contributed by atoms with E-state index in [1.165, 1.54) is 18.3 Å². The van der Waals surface area contributed by atoms with Gasteiger partial charge in [-0.05, 0) is 23.0 Å². The largest absolute Gasteiger partial charge is 0.386 e. The molecule has 0 bridgehead atoms. The van der Waals surface area contributed by atoms with Gasteiger partial charge in [0.2, 0.25) is 0 Å². The third-order valence-electron chi connectivity index (χ3n) is 4.19. The number of hydrogen-bond acceptors (Lipinski definition) is 5. The van der Waals surface area contributed by atoms with Crippen molar-refractivity contribution >= 4 is 23.5 Å². The SMILES string of the molecule is CC(C)c1cccc(C(C)C)c1NC(=O)CO/N=C\c1cccc([N+](=O)[O-])c1. The smallest absolute Gasteiger partial charge is 0.270 e. The van der Waals surface area contributed by atoms with Crippen LogP contribution in [-0.4, -0.2) is 23.7 Å². The third kappa shape index (κ3) is 5.64. The molecule has 0 aliphatic heterocycles. The number of anilines is 1. The maximum absolute atomic E-state index is 12.3. The highest BCUT2D eigenvalue weighted by Gasteiger charge is 2.16. The van der Waals surface area contributed by atoms with Crippen molar-refractivity contribution in [3.8, 4) is 0 Å². The number of nitrogens with one attached hydrogen (secondary N) is 1. The number of nitrogens with zero attached hydrogens (tertiary/aromatic N) is 2. The lowest BCUT2D eigenvalue weighted by molar-refractivity contribution is -0.384. The first-order valence-corrected chi connectivity index (χ1v) is 9.12. The molecule has 0 heterocycles. The van der Waals surface area contributed by atoms with Crippen LogP contribution in [0.1, 0.15) is 56.2 Å². The van der Waals surface area contributed by atoms with Crippen LogP contribution in [0.2, 0.25) is 0 Å². The summed E-state index contributed by atoms with van der Waals surface area (Å²) in [5, 5.41) is 17.4. The summed E-state index contributed by atoms with van der Waals surface area (Å²) in [6.45, 7) is 8.06. The number of para-hydroxylation sites is 1. The minimum absolute atomic E-state index is 0.0341. The average Bonchev–Trinajstić information content (AvgIpc) is 2.65. The molecule has 1 amide bonds. The first kappa shape index (κ1) is 21.1. The number of benzene rings is 2. The third-order valence-corrected chi connectivity index (χ3v) is 4.19. The van der Waals surface area contributed by atoms with Crippen molar-refractivity contribution in [2.24, 2.45) is 5.16 Å². The van der Waals surface area contributed by atoms with Crippen molar-refractivity contribution in [3.05, 3.63) is 69.3 Å². The number of nitro groups is 1. The normalized spacial score (nSPS) is 11.2. The highest BCUT2D eigenvalue weighted by Crippen LogP contribution is 2.32. The van der Waals surface area contributed by atoms with Gasteiger partial charge in [-0.3, -0.25) is 14.9 Å². The summed E-state index contributed by atoms with van der Waals surface area (Å²) in [6, 6.07) is 12.0. The van der Waals surface area contributed by atoms with Crippen molar-refractivity contribution in [3.63, 3.8) is 0 Å². The van der Waals surface area contributed by atoms with E-state index < -0.39 is 4.92 Å². The van der Waals surface area contributed by atoms with Gasteiger partial charge in [-0.25, -0.2) is 0 Å². The molecule has 0 aliphatic rings. The Morgan fingerprint density at radius 2 is 1.75 bits per heavy atom. The molecular formula is C21H25N3O4. The lowest BCUT2D eigenvalue weighted by Crippen LogP contribution is -2.19. The van der Waals surface area contributed by atoms with Gasteiger partial charge in [-0.15, -0.1) is 0 Å². The number of non-ortho nitro benzene ring substituents is 1. The predicted octanol–water partition coefficient (Wildman–Crippen LogP) is 4.83. The number of rotatable bonds is 8. The van der Waals surface area contributed by atoms with E-state index in [-0.39, 0.29) is 30.0 Å². The first-order valence-electron chi connectivity index (χ1n) is 9.12. The molecule has 28 heavy (non-hydrogen) atoms. The zero-order chi connectivity index (χ0) is 20.7. The van der Waals surface area contributed by atoms with E-state index in [1.54, 1.807) is 12.1 Å². The van der Waals surface area contributed by atoms with Crippen molar-refractivity contribution in [2.45, 2.75) is 39.5 Å². The van der Waals surface area contributed by atoms with E-state index in [0.29, 0.717) is 5.56 Å². The molecule has 0 saturated carbocycles.